The largest absolute Gasteiger partial charge is 0.481 e. The molecular weight excluding hydrogens is 318 g/mol. The molecule has 0 fully saturated rings. The van der Waals surface area contributed by atoms with Gasteiger partial charge < -0.3 is 5.11 Å². The Kier molecular flexibility index (Phi) is 16.5. The summed E-state index contributed by atoms with van der Waals surface area (Å²) in [5, 5.41) is 19.6. The number of carboxylic acids is 1. The van der Waals surface area contributed by atoms with Crippen LogP contribution in [-0.4, -0.2) is 16.0 Å². The maximum atomic E-state index is 11.1. The number of carboxylic acid groups (broad SMARTS) is 1. The van der Waals surface area contributed by atoms with Crippen molar-refractivity contribution in [2.75, 3.05) is 0 Å². The molecule has 0 aromatic heterocycles. The van der Waals surface area contributed by atoms with Crippen LogP contribution in [0.25, 0.3) is 0 Å². The van der Waals surface area contributed by atoms with Gasteiger partial charge in [-0.3, -0.25) is 14.9 Å². The minimum Gasteiger partial charge on any atom is -0.481 e. The van der Waals surface area contributed by atoms with E-state index < -0.39 is 5.97 Å². The molecule has 0 aromatic carbocycles. The summed E-state index contributed by atoms with van der Waals surface area (Å²) in [4.78, 5) is 21.2. The van der Waals surface area contributed by atoms with E-state index in [4.69, 9.17) is 5.11 Å². The molecule has 0 radical (unpaired) electrons. The minimum absolute atomic E-state index is 0.191. The highest BCUT2D eigenvalue weighted by Crippen LogP contribution is 2.15. The van der Waals surface area contributed by atoms with E-state index in [2.05, 4.69) is 6.92 Å². The molecule has 0 spiro atoms. The van der Waals surface area contributed by atoms with E-state index in [1.807, 2.05) is 0 Å². The molecule has 0 aromatic rings. The van der Waals surface area contributed by atoms with Gasteiger partial charge in [0.25, 0.3) is 0 Å². The Balaban J connectivity index is 3.65. The molecule has 1 N–H and O–H groups in total. The summed E-state index contributed by atoms with van der Waals surface area (Å²) in [5.74, 6) is -0.771. The van der Waals surface area contributed by atoms with Crippen LogP contribution in [0.4, 0.5) is 0 Å². The van der Waals surface area contributed by atoms with Crippen molar-refractivity contribution in [1.82, 2.24) is 0 Å². The van der Waals surface area contributed by atoms with E-state index >= 15 is 0 Å². The summed E-state index contributed by atoms with van der Waals surface area (Å²) in [6, 6.07) is 0. The number of unbranched alkanes of at least 4 members (excludes halogenated alkanes) is 12. The zero-order valence-corrected chi connectivity index (χ0v) is 16.0. The summed E-state index contributed by atoms with van der Waals surface area (Å²) in [6.45, 7) is 2.23. The molecule has 0 bridgehead atoms. The Morgan fingerprint density at radius 2 is 1.32 bits per heavy atom. The van der Waals surface area contributed by atoms with Crippen molar-refractivity contribution in [1.29, 1.82) is 0 Å². The van der Waals surface area contributed by atoms with Gasteiger partial charge in [-0.05, 0) is 31.8 Å². The average molecular weight is 356 g/mol. The molecule has 0 amide bonds. The summed E-state index contributed by atoms with van der Waals surface area (Å²) >= 11 is 0. The Morgan fingerprint density at radius 1 is 0.840 bits per heavy atom. The zero-order chi connectivity index (χ0) is 18.8. The monoisotopic (exact) mass is 355 g/mol. The summed E-state index contributed by atoms with van der Waals surface area (Å²) in [6.07, 6.45) is 17.7. The fourth-order valence-corrected chi connectivity index (χ4v) is 2.93. The number of carbonyl (C=O) groups is 1. The molecule has 0 saturated heterocycles. The quantitative estimate of drug-likeness (QED) is 0.173. The molecule has 5 nitrogen and oxygen atoms in total. The third kappa shape index (κ3) is 17.2. The Morgan fingerprint density at radius 3 is 1.84 bits per heavy atom. The highest BCUT2D eigenvalue weighted by Gasteiger charge is 2.09. The van der Waals surface area contributed by atoms with Gasteiger partial charge in [-0.25, -0.2) is 0 Å². The average Bonchev–Trinajstić information content (AvgIpc) is 2.57. The lowest BCUT2D eigenvalue weighted by atomic mass is 10.1. The van der Waals surface area contributed by atoms with Gasteiger partial charge in [0.1, 0.15) is 0 Å². The zero-order valence-electron chi connectivity index (χ0n) is 16.0. The summed E-state index contributed by atoms with van der Waals surface area (Å²) in [5.41, 5.74) is 0.331. The molecule has 0 unspecified atom stereocenters. The highest BCUT2D eigenvalue weighted by molar-refractivity contribution is 5.66. The number of rotatable bonds is 18. The highest BCUT2D eigenvalue weighted by atomic mass is 16.6. The van der Waals surface area contributed by atoms with E-state index in [1.165, 1.54) is 44.9 Å². The predicted molar refractivity (Wildman–Crippen MR) is 102 cm³/mol. The van der Waals surface area contributed by atoms with Crippen molar-refractivity contribution in [2.45, 2.75) is 110 Å². The first-order valence-corrected chi connectivity index (χ1v) is 10.1. The molecule has 0 saturated carbocycles. The van der Waals surface area contributed by atoms with Crippen LogP contribution < -0.4 is 0 Å². The molecule has 0 atom stereocenters. The second kappa shape index (κ2) is 17.4. The first-order chi connectivity index (χ1) is 12.1. The van der Waals surface area contributed by atoms with E-state index in [1.54, 1.807) is 6.08 Å². The van der Waals surface area contributed by atoms with Gasteiger partial charge in [0.15, 0.2) is 0 Å². The maximum Gasteiger partial charge on any atom is 0.303 e. The van der Waals surface area contributed by atoms with Crippen LogP contribution in [0.2, 0.25) is 0 Å². The van der Waals surface area contributed by atoms with Gasteiger partial charge in [-0.15, -0.1) is 0 Å². The third-order valence-corrected chi connectivity index (χ3v) is 4.50. The van der Waals surface area contributed by atoms with Gasteiger partial charge in [0.2, 0.25) is 5.70 Å². The number of aliphatic carboxylic acids is 1. The topological polar surface area (TPSA) is 80.4 Å². The summed E-state index contributed by atoms with van der Waals surface area (Å²) < 4.78 is 0. The van der Waals surface area contributed by atoms with Gasteiger partial charge in [-0.1, -0.05) is 71.1 Å². The van der Waals surface area contributed by atoms with Gasteiger partial charge in [0.05, 0.1) is 4.92 Å². The first-order valence-electron chi connectivity index (χ1n) is 10.1. The van der Waals surface area contributed by atoms with Crippen LogP contribution in [0.3, 0.4) is 0 Å². The SMILES string of the molecule is CCCCCCCCCCCC=C(CCCCCCC(=O)O)[N+](=O)[O-]. The predicted octanol–water partition coefficient (Wildman–Crippen LogP) is 6.49. The van der Waals surface area contributed by atoms with Crippen molar-refractivity contribution < 1.29 is 14.8 Å². The maximum absolute atomic E-state index is 11.1. The first kappa shape index (κ1) is 23.6. The molecule has 0 aliphatic carbocycles. The number of allylic oxidation sites excluding steroid dienone is 2. The Bertz CT molecular complexity index is 380. The second-order valence-corrected chi connectivity index (χ2v) is 6.88. The van der Waals surface area contributed by atoms with Gasteiger partial charge in [-0.2, -0.15) is 0 Å². The lowest BCUT2D eigenvalue weighted by Gasteiger charge is -2.02. The lowest BCUT2D eigenvalue weighted by molar-refractivity contribution is -0.428. The van der Waals surface area contributed by atoms with Crippen molar-refractivity contribution in [2.24, 2.45) is 0 Å². The van der Waals surface area contributed by atoms with Crippen molar-refractivity contribution in [3.63, 3.8) is 0 Å². The Labute approximate surface area is 153 Å². The minimum atomic E-state index is -0.771. The van der Waals surface area contributed by atoms with Crippen molar-refractivity contribution in [3.05, 3.63) is 21.9 Å². The third-order valence-electron chi connectivity index (χ3n) is 4.50. The molecule has 0 aliphatic heterocycles. The van der Waals surface area contributed by atoms with Crippen LogP contribution in [0.15, 0.2) is 11.8 Å². The van der Waals surface area contributed by atoms with E-state index in [0.29, 0.717) is 18.5 Å². The van der Waals surface area contributed by atoms with Crippen LogP contribution in [0.5, 0.6) is 0 Å². The van der Waals surface area contributed by atoms with E-state index in [0.717, 1.165) is 38.5 Å². The fraction of sp³-hybridized carbons (Fsp3) is 0.850. The number of nitro groups is 1. The number of hydrogen-bond acceptors (Lipinski definition) is 3. The normalized spacial score (nSPS) is 11.6. The number of hydrogen-bond donors (Lipinski definition) is 1. The standard InChI is InChI=1S/C20H37NO4/c1-2-3-4-5-6-7-8-9-10-13-16-19(21(24)25)17-14-11-12-15-18-20(22)23/h16H,2-15,17-18H2,1H3,(H,22,23). The second-order valence-electron chi connectivity index (χ2n) is 6.88. The molecule has 0 rings (SSSR count). The van der Waals surface area contributed by atoms with Crippen molar-refractivity contribution in [3.8, 4) is 0 Å². The molecule has 0 aliphatic rings. The van der Waals surface area contributed by atoms with Crippen LogP contribution in [0.1, 0.15) is 110 Å². The van der Waals surface area contributed by atoms with Gasteiger partial charge in [0, 0.05) is 12.8 Å². The fourth-order valence-electron chi connectivity index (χ4n) is 2.93. The smallest absolute Gasteiger partial charge is 0.303 e. The molecule has 5 heteroatoms. The van der Waals surface area contributed by atoms with Crippen LogP contribution in [0, 0.1) is 10.1 Å². The molecular formula is C20H37NO4. The molecule has 146 valence electrons. The lowest BCUT2D eigenvalue weighted by Crippen LogP contribution is -1.99. The van der Waals surface area contributed by atoms with Gasteiger partial charge >= 0.3 is 5.97 Å². The van der Waals surface area contributed by atoms with E-state index in [-0.39, 0.29) is 11.3 Å². The summed E-state index contributed by atoms with van der Waals surface area (Å²) in [7, 11) is 0. The molecule has 0 heterocycles. The Hall–Kier alpha value is -1.39. The van der Waals surface area contributed by atoms with Crippen LogP contribution in [-0.2, 0) is 4.79 Å². The van der Waals surface area contributed by atoms with Crippen LogP contribution >= 0.6 is 0 Å². The van der Waals surface area contributed by atoms with E-state index in [9.17, 15) is 14.9 Å². The number of nitrogens with zero attached hydrogens (tertiary/aromatic N) is 1. The van der Waals surface area contributed by atoms with Crippen molar-refractivity contribution >= 4 is 5.97 Å². The molecule has 25 heavy (non-hydrogen) atoms.